The number of likely N-dealkylation sites (N-methyl/N-ethyl adjacent to an activating group) is 1. The smallest absolute Gasteiger partial charge is 0.358 e. The molecule has 1 aromatic rings. The summed E-state index contributed by atoms with van der Waals surface area (Å²) in [5.74, 6) is -0.387. The summed E-state index contributed by atoms with van der Waals surface area (Å²) < 4.78 is 10.9. The number of carbonyl (C=O) groups is 1. The predicted octanol–water partition coefficient (Wildman–Crippen LogP) is 1.52. The van der Waals surface area contributed by atoms with Gasteiger partial charge in [-0.1, -0.05) is 6.92 Å². The Morgan fingerprint density at radius 1 is 1.36 bits per heavy atom. The van der Waals surface area contributed by atoms with Gasteiger partial charge in [-0.25, -0.2) is 9.78 Å². The molecule has 0 bridgehead atoms. The van der Waals surface area contributed by atoms with Crippen molar-refractivity contribution in [3.63, 3.8) is 0 Å². The number of anilines is 1. The maximum atomic E-state index is 12.2. The summed E-state index contributed by atoms with van der Waals surface area (Å²) in [5, 5.41) is 0. The van der Waals surface area contributed by atoms with E-state index < -0.39 is 0 Å². The van der Waals surface area contributed by atoms with Crippen molar-refractivity contribution in [1.82, 2.24) is 9.88 Å². The second-order valence-corrected chi connectivity index (χ2v) is 5.66. The van der Waals surface area contributed by atoms with E-state index in [-0.39, 0.29) is 12.2 Å². The van der Waals surface area contributed by atoms with E-state index in [9.17, 15) is 4.79 Å². The van der Waals surface area contributed by atoms with Gasteiger partial charge in [0.05, 0.1) is 25.1 Å². The quantitative estimate of drug-likeness (QED) is 0.786. The number of hydrogen-bond acceptors (Lipinski definition) is 6. The van der Waals surface area contributed by atoms with Crippen LogP contribution in [0, 0.1) is 0 Å². The summed E-state index contributed by atoms with van der Waals surface area (Å²) in [7, 11) is 0. The molecule has 3 heterocycles. The van der Waals surface area contributed by atoms with Crippen molar-refractivity contribution < 1.29 is 14.3 Å². The normalized spacial score (nSPS) is 22.8. The zero-order valence-corrected chi connectivity index (χ0v) is 13.0. The SMILES string of the molecule is CCN1CCOCC1OC(=O)c1ccc(N2CCCC2)cn1. The highest BCUT2D eigenvalue weighted by atomic mass is 16.6. The number of esters is 1. The fourth-order valence-corrected chi connectivity index (χ4v) is 2.94. The van der Waals surface area contributed by atoms with Gasteiger partial charge in [-0.15, -0.1) is 0 Å². The number of carbonyl (C=O) groups excluding carboxylic acids is 1. The van der Waals surface area contributed by atoms with Crippen molar-refractivity contribution in [1.29, 1.82) is 0 Å². The summed E-state index contributed by atoms with van der Waals surface area (Å²) >= 11 is 0. The number of morpholine rings is 1. The minimum atomic E-state index is -0.387. The van der Waals surface area contributed by atoms with Crippen LogP contribution in [0.5, 0.6) is 0 Å². The highest BCUT2D eigenvalue weighted by Crippen LogP contribution is 2.19. The summed E-state index contributed by atoms with van der Waals surface area (Å²) in [6.07, 6.45) is 3.89. The lowest BCUT2D eigenvalue weighted by Gasteiger charge is -2.33. The van der Waals surface area contributed by atoms with Crippen LogP contribution in [0.1, 0.15) is 30.3 Å². The van der Waals surface area contributed by atoms with Crippen LogP contribution in [0.3, 0.4) is 0 Å². The fourth-order valence-electron chi connectivity index (χ4n) is 2.94. The molecule has 6 nitrogen and oxygen atoms in total. The van der Waals surface area contributed by atoms with Crippen LogP contribution in [0.25, 0.3) is 0 Å². The molecule has 0 saturated carbocycles. The second-order valence-electron chi connectivity index (χ2n) is 5.66. The van der Waals surface area contributed by atoms with E-state index in [4.69, 9.17) is 9.47 Å². The summed E-state index contributed by atoms with van der Waals surface area (Å²) in [6, 6.07) is 3.69. The Bertz CT molecular complexity index is 500. The Hall–Kier alpha value is -1.66. The molecule has 22 heavy (non-hydrogen) atoms. The zero-order chi connectivity index (χ0) is 15.4. The van der Waals surface area contributed by atoms with E-state index in [1.165, 1.54) is 12.8 Å². The average molecular weight is 305 g/mol. The molecule has 1 atom stereocenters. The molecule has 2 fully saturated rings. The molecule has 0 spiro atoms. The molecule has 1 aromatic heterocycles. The van der Waals surface area contributed by atoms with Crippen LogP contribution in [-0.2, 0) is 9.47 Å². The number of pyridine rings is 1. The highest BCUT2D eigenvalue weighted by molar-refractivity contribution is 5.87. The van der Waals surface area contributed by atoms with Crippen LogP contribution in [0.15, 0.2) is 18.3 Å². The molecule has 0 radical (unpaired) electrons. The Labute approximate surface area is 131 Å². The summed E-state index contributed by atoms with van der Waals surface area (Å²) in [4.78, 5) is 20.9. The van der Waals surface area contributed by atoms with Gasteiger partial charge in [0.25, 0.3) is 0 Å². The van der Waals surface area contributed by atoms with E-state index in [0.29, 0.717) is 18.9 Å². The topological polar surface area (TPSA) is 54.9 Å². The van der Waals surface area contributed by atoms with Crippen molar-refractivity contribution in [3.05, 3.63) is 24.0 Å². The highest BCUT2D eigenvalue weighted by Gasteiger charge is 2.26. The third kappa shape index (κ3) is 3.39. The van der Waals surface area contributed by atoms with Gasteiger partial charge >= 0.3 is 5.97 Å². The lowest BCUT2D eigenvalue weighted by Crippen LogP contribution is -2.47. The molecular formula is C16H23N3O3. The Kier molecular flexibility index (Phi) is 4.90. The molecular weight excluding hydrogens is 282 g/mol. The van der Waals surface area contributed by atoms with Crippen LogP contribution < -0.4 is 4.90 Å². The minimum absolute atomic E-state index is 0.314. The monoisotopic (exact) mass is 305 g/mol. The van der Waals surface area contributed by atoms with Gasteiger partial charge in [-0.2, -0.15) is 0 Å². The number of hydrogen-bond donors (Lipinski definition) is 0. The largest absolute Gasteiger partial charge is 0.439 e. The van der Waals surface area contributed by atoms with E-state index in [2.05, 4.69) is 21.7 Å². The first-order chi connectivity index (χ1) is 10.8. The van der Waals surface area contributed by atoms with Crippen LogP contribution in [-0.4, -0.2) is 61.5 Å². The van der Waals surface area contributed by atoms with Gasteiger partial charge in [-0.3, -0.25) is 4.90 Å². The first kappa shape index (κ1) is 15.2. The van der Waals surface area contributed by atoms with Crippen molar-refractivity contribution in [3.8, 4) is 0 Å². The number of aromatic nitrogens is 1. The predicted molar refractivity (Wildman–Crippen MR) is 83.0 cm³/mol. The van der Waals surface area contributed by atoms with Crippen molar-refractivity contribution in [2.75, 3.05) is 44.3 Å². The molecule has 1 unspecified atom stereocenters. The molecule has 0 aromatic carbocycles. The molecule has 2 aliphatic heterocycles. The molecule has 2 aliphatic rings. The molecule has 6 heteroatoms. The third-order valence-corrected chi connectivity index (χ3v) is 4.27. The molecule has 3 rings (SSSR count). The number of ether oxygens (including phenoxy) is 2. The van der Waals surface area contributed by atoms with E-state index >= 15 is 0 Å². The van der Waals surface area contributed by atoms with Gasteiger partial charge in [0.15, 0.2) is 6.23 Å². The number of nitrogens with zero attached hydrogens (tertiary/aromatic N) is 3. The van der Waals surface area contributed by atoms with Crippen LogP contribution in [0.2, 0.25) is 0 Å². The van der Waals surface area contributed by atoms with Gasteiger partial charge in [-0.05, 0) is 31.5 Å². The maximum absolute atomic E-state index is 12.2. The van der Waals surface area contributed by atoms with Crippen LogP contribution in [0.4, 0.5) is 5.69 Å². The van der Waals surface area contributed by atoms with E-state index in [1.807, 2.05) is 6.07 Å². The molecule has 0 amide bonds. The second kappa shape index (κ2) is 7.07. The summed E-state index contributed by atoms with van der Waals surface area (Å²) in [6.45, 7) is 6.91. The first-order valence-electron chi connectivity index (χ1n) is 8.01. The maximum Gasteiger partial charge on any atom is 0.358 e. The minimum Gasteiger partial charge on any atom is -0.439 e. The molecule has 2 saturated heterocycles. The average Bonchev–Trinajstić information content (AvgIpc) is 3.10. The lowest BCUT2D eigenvalue weighted by molar-refractivity contribution is -0.111. The standard InChI is InChI=1S/C16H23N3O3/c1-2-18-9-10-21-12-15(18)22-16(20)14-6-5-13(11-17-14)19-7-3-4-8-19/h5-6,11,15H,2-4,7-10,12H2,1H3. The fraction of sp³-hybridized carbons (Fsp3) is 0.625. The van der Waals surface area contributed by atoms with Gasteiger partial charge in [0.1, 0.15) is 5.69 Å². The zero-order valence-electron chi connectivity index (χ0n) is 13.0. The van der Waals surface area contributed by atoms with Crippen LogP contribution >= 0.6 is 0 Å². The van der Waals surface area contributed by atoms with E-state index in [1.54, 1.807) is 12.3 Å². The Morgan fingerprint density at radius 3 is 2.86 bits per heavy atom. The number of rotatable bonds is 4. The lowest BCUT2D eigenvalue weighted by atomic mass is 10.3. The summed E-state index contributed by atoms with van der Waals surface area (Å²) in [5.41, 5.74) is 1.43. The molecule has 120 valence electrons. The van der Waals surface area contributed by atoms with Gasteiger partial charge in [0, 0.05) is 19.6 Å². The van der Waals surface area contributed by atoms with Crippen molar-refractivity contribution in [2.24, 2.45) is 0 Å². The van der Waals surface area contributed by atoms with Crippen molar-refractivity contribution in [2.45, 2.75) is 26.0 Å². The molecule has 0 N–H and O–H groups in total. The first-order valence-corrected chi connectivity index (χ1v) is 8.01. The Balaban J connectivity index is 1.61. The van der Waals surface area contributed by atoms with E-state index in [0.717, 1.165) is 31.9 Å². The molecule has 0 aliphatic carbocycles. The van der Waals surface area contributed by atoms with Gasteiger partial charge in [0.2, 0.25) is 0 Å². The van der Waals surface area contributed by atoms with Gasteiger partial charge < -0.3 is 14.4 Å². The Morgan fingerprint density at radius 2 is 2.18 bits per heavy atom. The van der Waals surface area contributed by atoms with Crippen molar-refractivity contribution >= 4 is 11.7 Å². The third-order valence-electron chi connectivity index (χ3n) is 4.27.